The van der Waals surface area contributed by atoms with Crippen molar-refractivity contribution in [3.05, 3.63) is 71.9 Å². The molecule has 0 bridgehead atoms. The fourth-order valence-electron chi connectivity index (χ4n) is 3.82. The average Bonchev–Trinajstić information content (AvgIpc) is 3.24. The summed E-state index contributed by atoms with van der Waals surface area (Å²) in [6.07, 6.45) is 4.09. The van der Waals surface area contributed by atoms with Crippen LogP contribution >= 0.6 is 0 Å². The van der Waals surface area contributed by atoms with Crippen molar-refractivity contribution in [3.63, 3.8) is 0 Å². The zero-order valence-corrected chi connectivity index (χ0v) is 15.8. The van der Waals surface area contributed by atoms with Gasteiger partial charge in [-0.1, -0.05) is 24.3 Å². The number of anilines is 1. The van der Waals surface area contributed by atoms with Crippen LogP contribution in [-0.4, -0.2) is 52.8 Å². The average molecular weight is 388 g/mol. The third kappa shape index (κ3) is 3.00. The second kappa shape index (κ2) is 7.18. The van der Waals surface area contributed by atoms with Crippen molar-refractivity contribution >= 4 is 28.5 Å². The van der Waals surface area contributed by atoms with E-state index in [1.54, 1.807) is 24.3 Å². The van der Waals surface area contributed by atoms with E-state index in [4.69, 9.17) is 4.74 Å². The lowest BCUT2D eigenvalue weighted by Gasteiger charge is -2.24. The van der Waals surface area contributed by atoms with Gasteiger partial charge < -0.3 is 9.64 Å². The first-order valence-corrected chi connectivity index (χ1v) is 9.66. The second-order valence-corrected chi connectivity index (χ2v) is 7.05. The predicted molar refractivity (Wildman–Crippen MR) is 109 cm³/mol. The minimum Gasteiger partial charge on any atom is -0.378 e. The van der Waals surface area contributed by atoms with Crippen LogP contribution in [0.4, 0.5) is 5.82 Å². The van der Waals surface area contributed by atoms with Gasteiger partial charge in [0.25, 0.3) is 11.8 Å². The van der Waals surface area contributed by atoms with Crippen molar-refractivity contribution < 1.29 is 14.3 Å². The highest BCUT2D eigenvalue weighted by Gasteiger charge is 2.38. The van der Waals surface area contributed by atoms with Crippen molar-refractivity contribution in [1.29, 1.82) is 0 Å². The SMILES string of the molecule is O=C1c2ccccc2C(=O)N1c1nn(CC=CN2CCOCC2)c2ccccc12. The Morgan fingerprint density at radius 1 is 0.931 bits per heavy atom. The Bertz CT molecular complexity index is 1090. The summed E-state index contributed by atoms with van der Waals surface area (Å²) in [4.78, 5) is 29.2. The van der Waals surface area contributed by atoms with Gasteiger partial charge in [0, 0.05) is 18.5 Å². The number of hydrogen-bond donors (Lipinski definition) is 0. The number of rotatable bonds is 4. The number of imide groups is 1. The maximum Gasteiger partial charge on any atom is 0.267 e. The molecule has 146 valence electrons. The molecule has 2 aliphatic heterocycles. The number of fused-ring (bicyclic) bond motifs is 2. The van der Waals surface area contributed by atoms with E-state index in [1.165, 1.54) is 4.90 Å². The van der Waals surface area contributed by atoms with Gasteiger partial charge in [-0.05, 0) is 36.5 Å². The summed E-state index contributed by atoms with van der Waals surface area (Å²) in [7, 11) is 0. The van der Waals surface area contributed by atoms with Crippen LogP contribution in [-0.2, 0) is 11.3 Å². The summed E-state index contributed by atoms with van der Waals surface area (Å²) in [5.74, 6) is -0.277. The first kappa shape index (κ1) is 17.6. The smallest absolute Gasteiger partial charge is 0.267 e. The molecule has 0 saturated carbocycles. The Morgan fingerprint density at radius 2 is 1.59 bits per heavy atom. The summed E-state index contributed by atoms with van der Waals surface area (Å²) in [5, 5.41) is 5.42. The Morgan fingerprint density at radius 3 is 2.31 bits per heavy atom. The van der Waals surface area contributed by atoms with Crippen LogP contribution in [0, 0.1) is 0 Å². The highest BCUT2D eigenvalue weighted by Crippen LogP contribution is 2.32. The lowest BCUT2D eigenvalue weighted by atomic mass is 10.1. The van der Waals surface area contributed by atoms with E-state index >= 15 is 0 Å². The van der Waals surface area contributed by atoms with Gasteiger partial charge in [0.15, 0.2) is 5.82 Å². The summed E-state index contributed by atoms with van der Waals surface area (Å²) < 4.78 is 7.19. The summed E-state index contributed by atoms with van der Waals surface area (Å²) in [5.41, 5.74) is 1.72. The van der Waals surface area contributed by atoms with Crippen molar-refractivity contribution in [3.8, 4) is 0 Å². The fraction of sp³-hybridized carbons (Fsp3) is 0.227. The number of carbonyl (C=O) groups is 2. The topological polar surface area (TPSA) is 67.7 Å². The van der Waals surface area contributed by atoms with Crippen molar-refractivity contribution in [2.75, 3.05) is 31.2 Å². The molecule has 7 nitrogen and oxygen atoms in total. The van der Waals surface area contributed by atoms with Gasteiger partial charge in [-0.3, -0.25) is 14.3 Å². The molecule has 2 aliphatic rings. The fourth-order valence-corrected chi connectivity index (χ4v) is 3.82. The molecule has 0 radical (unpaired) electrons. The Hall–Kier alpha value is -3.45. The monoisotopic (exact) mass is 388 g/mol. The number of carbonyl (C=O) groups excluding carboxylic acids is 2. The molecule has 3 aromatic rings. The summed E-state index contributed by atoms with van der Waals surface area (Å²) >= 11 is 0. The molecule has 2 amide bonds. The standard InChI is InChI=1S/C22H20N4O3/c27-21-16-6-1-2-7-17(16)22(28)26(21)20-18-8-3-4-9-19(18)25(23-20)11-5-10-24-12-14-29-15-13-24/h1-10H,11-15H2. The number of nitrogens with zero attached hydrogens (tertiary/aromatic N) is 4. The van der Waals surface area contributed by atoms with E-state index in [0.29, 0.717) is 23.5 Å². The molecule has 7 heteroatoms. The number of hydrogen-bond acceptors (Lipinski definition) is 5. The van der Waals surface area contributed by atoms with Crippen LogP contribution in [0.1, 0.15) is 20.7 Å². The van der Waals surface area contributed by atoms with Gasteiger partial charge in [0.05, 0.1) is 36.4 Å². The molecule has 3 heterocycles. The minimum absolute atomic E-state index is 0.329. The van der Waals surface area contributed by atoms with E-state index < -0.39 is 0 Å². The van der Waals surface area contributed by atoms with E-state index in [0.717, 1.165) is 37.2 Å². The normalized spacial score (nSPS) is 17.0. The zero-order chi connectivity index (χ0) is 19.8. The number of aromatic nitrogens is 2. The van der Waals surface area contributed by atoms with Gasteiger partial charge in [-0.25, -0.2) is 4.90 Å². The zero-order valence-electron chi connectivity index (χ0n) is 15.8. The second-order valence-electron chi connectivity index (χ2n) is 7.05. The van der Waals surface area contributed by atoms with Crippen LogP contribution in [0.15, 0.2) is 60.8 Å². The molecular formula is C22H20N4O3. The molecule has 5 rings (SSSR count). The van der Waals surface area contributed by atoms with Crippen molar-refractivity contribution in [2.24, 2.45) is 0 Å². The molecular weight excluding hydrogens is 368 g/mol. The molecule has 1 aromatic heterocycles. The molecule has 1 saturated heterocycles. The Labute approximate surface area is 167 Å². The van der Waals surface area contributed by atoms with Gasteiger partial charge in [0.1, 0.15) is 0 Å². The van der Waals surface area contributed by atoms with Gasteiger partial charge >= 0.3 is 0 Å². The molecule has 0 spiro atoms. The molecule has 29 heavy (non-hydrogen) atoms. The van der Waals surface area contributed by atoms with E-state index in [1.807, 2.05) is 35.0 Å². The Balaban J connectivity index is 1.49. The van der Waals surface area contributed by atoms with E-state index in [-0.39, 0.29) is 11.8 Å². The van der Waals surface area contributed by atoms with Gasteiger partial charge in [0.2, 0.25) is 0 Å². The van der Waals surface area contributed by atoms with Crippen LogP contribution in [0.5, 0.6) is 0 Å². The van der Waals surface area contributed by atoms with Crippen LogP contribution in [0.3, 0.4) is 0 Å². The quantitative estimate of drug-likeness (QED) is 0.643. The first-order chi connectivity index (χ1) is 14.2. The number of ether oxygens (including phenoxy) is 1. The summed E-state index contributed by atoms with van der Waals surface area (Å²) in [6.45, 7) is 3.76. The maximum absolute atomic E-state index is 12.9. The number of para-hydroxylation sites is 1. The van der Waals surface area contributed by atoms with Crippen LogP contribution in [0.25, 0.3) is 10.9 Å². The minimum atomic E-state index is -0.329. The van der Waals surface area contributed by atoms with E-state index in [2.05, 4.69) is 16.2 Å². The highest BCUT2D eigenvalue weighted by atomic mass is 16.5. The molecule has 0 unspecified atom stereocenters. The van der Waals surface area contributed by atoms with Gasteiger partial charge in [-0.15, -0.1) is 0 Å². The molecule has 0 N–H and O–H groups in total. The Kier molecular flexibility index (Phi) is 4.37. The molecule has 0 atom stereocenters. The number of amides is 2. The number of allylic oxidation sites excluding steroid dienone is 1. The largest absolute Gasteiger partial charge is 0.378 e. The maximum atomic E-state index is 12.9. The predicted octanol–water partition coefficient (Wildman–Crippen LogP) is 2.68. The lowest BCUT2D eigenvalue weighted by molar-refractivity contribution is 0.0592. The van der Waals surface area contributed by atoms with Gasteiger partial charge in [-0.2, -0.15) is 5.10 Å². The van der Waals surface area contributed by atoms with Crippen LogP contribution < -0.4 is 4.90 Å². The third-order valence-corrected chi connectivity index (χ3v) is 5.28. The van der Waals surface area contributed by atoms with Crippen molar-refractivity contribution in [2.45, 2.75) is 6.54 Å². The third-order valence-electron chi connectivity index (χ3n) is 5.28. The highest BCUT2D eigenvalue weighted by molar-refractivity contribution is 6.35. The number of morpholine rings is 1. The van der Waals surface area contributed by atoms with Crippen molar-refractivity contribution in [1.82, 2.24) is 14.7 Å². The molecule has 1 fully saturated rings. The van der Waals surface area contributed by atoms with E-state index in [9.17, 15) is 9.59 Å². The number of benzene rings is 2. The molecule has 0 aliphatic carbocycles. The summed E-state index contributed by atoms with van der Waals surface area (Å²) in [6, 6.07) is 14.6. The van der Waals surface area contributed by atoms with Crippen LogP contribution in [0.2, 0.25) is 0 Å². The first-order valence-electron chi connectivity index (χ1n) is 9.66. The molecule has 2 aromatic carbocycles. The lowest BCUT2D eigenvalue weighted by Crippen LogP contribution is -2.32.